The lowest BCUT2D eigenvalue weighted by Gasteiger charge is -2.28. The van der Waals surface area contributed by atoms with Gasteiger partial charge in [0.15, 0.2) is 0 Å². The molecule has 0 aromatic carbocycles. The monoisotopic (exact) mass is 438 g/mol. The van der Waals surface area contributed by atoms with Gasteiger partial charge in [-0.25, -0.2) is 15.0 Å². The van der Waals surface area contributed by atoms with E-state index >= 15 is 0 Å². The fourth-order valence-electron chi connectivity index (χ4n) is 3.72. The first-order valence-electron chi connectivity index (χ1n) is 10.6. The number of rotatable bonds is 3. The van der Waals surface area contributed by atoms with E-state index in [2.05, 4.69) is 47.3 Å². The molecule has 5 N–H and O–H groups in total. The molecule has 0 radical (unpaired) electrons. The van der Waals surface area contributed by atoms with E-state index < -0.39 is 0 Å². The summed E-state index contributed by atoms with van der Waals surface area (Å²) in [7, 11) is 0. The molecular formula is C24H22N8O. The van der Waals surface area contributed by atoms with Crippen molar-refractivity contribution in [3.8, 4) is 11.8 Å². The summed E-state index contributed by atoms with van der Waals surface area (Å²) in [5, 5.41) is 8.36. The van der Waals surface area contributed by atoms with Gasteiger partial charge in [-0.2, -0.15) is 0 Å². The minimum atomic E-state index is -0.106. The summed E-state index contributed by atoms with van der Waals surface area (Å²) >= 11 is 0. The lowest BCUT2D eigenvalue weighted by molar-refractivity contribution is 0.587. The normalized spacial score (nSPS) is 13.4. The number of H-pyrrole nitrogens is 1. The van der Waals surface area contributed by atoms with Crippen LogP contribution in [0.3, 0.4) is 0 Å². The molecule has 0 bridgehead atoms. The number of hydrogen-bond acceptors (Lipinski definition) is 8. The van der Waals surface area contributed by atoms with Crippen molar-refractivity contribution in [1.82, 2.24) is 25.3 Å². The second-order valence-electron chi connectivity index (χ2n) is 7.60. The number of aromatic nitrogens is 4. The highest BCUT2D eigenvalue weighted by atomic mass is 16.1. The number of piperazine rings is 1. The highest BCUT2D eigenvalue weighted by Crippen LogP contribution is 2.23. The molecule has 5 heterocycles. The Kier molecular flexibility index (Phi) is 5.57. The van der Waals surface area contributed by atoms with Crippen molar-refractivity contribution in [3.63, 3.8) is 0 Å². The zero-order valence-electron chi connectivity index (χ0n) is 17.8. The van der Waals surface area contributed by atoms with Crippen molar-refractivity contribution in [3.05, 3.63) is 76.7 Å². The minimum absolute atomic E-state index is 0.106. The van der Waals surface area contributed by atoms with E-state index in [0.29, 0.717) is 28.6 Å². The van der Waals surface area contributed by atoms with E-state index in [0.717, 1.165) is 42.6 Å². The van der Waals surface area contributed by atoms with Crippen LogP contribution in [0, 0.1) is 11.8 Å². The molecule has 1 saturated heterocycles. The van der Waals surface area contributed by atoms with Crippen molar-refractivity contribution < 1.29 is 0 Å². The number of aromatic amines is 1. The van der Waals surface area contributed by atoms with Crippen LogP contribution in [0.4, 0.5) is 23.0 Å². The zero-order chi connectivity index (χ0) is 22.6. The second kappa shape index (κ2) is 8.98. The Balaban J connectivity index is 1.46. The molecule has 5 rings (SSSR count). The van der Waals surface area contributed by atoms with E-state index in [-0.39, 0.29) is 5.56 Å². The first-order valence-corrected chi connectivity index (χ1v) is 10.6. The third kappa shape index (κ3) is 4.46. The first-order chi connectivity index (χ1) is 16.2. The molecule has 0 amide bonds. The van der Waals surface area contributed by atoms with Gasteiger partial charge in [-0.15, -0.1) is 0 Å². The molecule has 4 aromatic heterocycles. The molecule has 0 unspecified atom stereocenters. The first kappa shape index (κ1) is 20.5. The van der Waals surface area contributed by atoms with Crippen LogP contribution in [0.1, 0.15) is 11.3 Å². The lowest BCUT2D eigenvalue weighted by atomic mass is 10.1. The summed E-state index contributed by atoms with van der Waals surface area (Å²) in [5.74, 6) is 7.15. The van der Waals surface area contributed by atoms with Crippen LogP contribution in [0.25, 0.3) is 10.8 Å². The van der Waals surface area contributed by atoms with Crippen molar-refractivity contribution >= 4 is 33.8 Å². The van der Waals surface area contributed by atoms with E-state index in [4.69, 9.17) is 5.73 Å². The maximum absolute atomic E-state index is 12.4. The topological polar surface area (TPSA) is 125 Å². The maximum atomic E-state index is 12.4. The molecule has 0 spiro atoms. The third-order valence-electron chi connectivity index (χ3n) is 5.42. The molecule has 9 heteroatoms. The number of hydrogen-bond donors (Lipinski definition) is 4. The third-order valence-corrected chi connectivity index (χ3v) is 5.42. The van der Waals surface area contributed by atoms with Gasteiger partial charge in [0.05, 0.1) is 11.3 Å². The van der Waals surface area contributed by atoms with Crippen LogP contribution in [-0.4, -0.2) is 46.1 Å². The average Bonchev–Trinajstić information content (AvgIpc) is 2.85. The van der Waals surface area contributed by atoms with Gasteiger partial charge in [-0.3, -0.25) is 4.79 Å². The highest BCUT2D eigenvalue weighted by Gasteiger charge is 2.14. The van der Waals surface area contributed by atoms with Crippen LogP contribution in [0.5, 0.6) is 0 Å². The van der Waals surface area contributed by atoms with Gasteiger partial charge in [0.2, 0.25) is 0 Å². The van der Waals surface area contributed by atoms with Gasteiger partial charge >= 0.3 is 0 Å². The Labute approximate surface area is 190 Å². The molecule has 0 atom stereocenters. The van der Waals surface area contributed by atoms with Crippen LogP contribution in [-0.2, 0) is 0 Å². The summed E-state index contributed by atoms with van der Waals surface area (Å²) in [4.78, 5) is 30.3. The largest absolute Gasteiger partial charge is 0.383 e. The SMILES string of the molecule is Nc1ncccc1C#Cc1nccc2cnc(Nc3c[nH]c(=O)c(N4CCNCC4)c3)cc12. The Bertz CT molecular complexity index is 1430. The molecule has 0 saturated carbocycles. The number of pyridine rings is 4. The van der Waals surface area contributed by atoms with E-state index in [1.54, 1.807) is 30.9 Å². The molecule has 1 aliphatic rings. The molecular weight excluding hydrogens is 416 g/mol. The van der Waals surface area contributed by atoms with Crippen molar-refractivity contribution in [2.24, 2.45) is 0 Å². The van der Waals surface area contributed by atoms with Gasteiger partial charge < -0.3 is 26.3 Å². The van der Waals surface area contributed by atoms with Crippen molar-refractivity contribution in [2.45, 2.75) is 0 Å². The molecule has 4 aromatic rings. The lowest BCUT2D eigenvalue weighted by Crippen LogP contribution is -2.45. The van der Waals surface area contributed by atoms with Crippen LogP contribution in [0.2, 0.25) is 0 Å². The summed E-state index contributed by atoms with van der Waals surface area (Å²) in [5.41, 5.74) is 8.45. The maximum Gasteiger partial charge on any atom is 0.271 e. The zero-order valence-corrected chi connectivity index (χ0v) is 17.8. The Hall–Kier alpha value is -4.42. The molecule has 33 heavy (non-hydrogen) atoms. The standard InChI is InChI=1S/C24H22N8O/c25-23-16(2-1-6-28-23)3-4-20-19-13-22(29-14-17(19)5-7-27-20)31-18-12-21(24(33)30-15-18)32-10-8-26-9-11-32/h1-2,5-7,12-15,26H,8-11H2,(H2,25,28)(H,29,31)(H,30,33). The number of anilines is 4. The second-order valence-corrected chi connectivity index (χ2v) is 7.60. The minimum Gasteiger partial charge on any atom is -0.383 e. The Morgan fingerprint density at radius 3 is 2.79 bits per heavy atom. The van der Waals surface area contributed by atoms with Gasteiger partial charge in [-0.05, 0) is 36.3 Å². The Morgan fingerprint density at radius 2 is 1.94 bits per heavy atom. The Morgan fingerprint density at radius 1 is 1.06 bits per heavy atom. The van der Waals surface area contributed by atoms with E-state index in [9.17, 15) is 4.79 Å². The number of nitrogens with zero attached hydrogens (tertiary/aromatic N) is 4. The van der Waals surface area contributed by atoms with E-state index in [1.807, 2.05) is 24.3 Å². The van der Waals surface area contributed by atoms with Crippen molar-refractivity contribution in [2.75, 3.05) is 42.1 Å². The fraction of sp³-hybridized carbons (Fsp3) is 0.167. The smallest absolute Gasteiger partial charge is 0.271 e. The summed E-state index contributed by atoms with van der Waals surface area (Å²) in [6.45, 7) is 3.28. The van der Waals surface area contributed by atoms with E-state index in [1.165, 1.54) is 0 Å². The van der Waals surface area contributed by atoms with Gasteiger partial charge in [0, 0.05) is 61.7 Å². The molecule has 1 aliphatic heterocycles. The fourth-order valence-corrected chi connectivity index (χ4v) is 3.72. The van der Waals surface area contributed by atoms with Gasteiger partial charge in [0.1, 0.15) is 23.0 Å². The number of nitrogens with two attached hydrogens (primary N) is 1. The summed E-state index contributed by atoms with van der Waals surface area (Å²) in [6, 6.07) is 9.25. The molecule has 164 valence electrons. The predicted molar refractivity (Wildman–Crippen MR) is 130 cm³/mol. The molecule has 9 nitrogen and oxygen atoms in total. The van der Waals surface area contributed by atoms with Crippen LogP contribution in [0.15, 0.2) is 59.9 Å². The molecule has 1 fully saturated rings. The number of nitrogen functional groups attached to an aromatic ring is 1. The molecule has 0 aliphatic carbocycles. The quantitative estimate of drug-likeness (QED) is 0.357. The van der Waals surface area contributed by atoms with Crippen LogP contribution < -0.4 is 26.8 Å². The van der Waals surface area contributed by atoms with Gasteiger partial charge in [-0.1, -0.05) is 5.92 Å². The summed E-state index contributed by atoms with van der Waals surface area (Å²) < 4.78 is 0. The van der Waals surface area contributed by atoms with Gasteiger partial charge in [0.25, 0.3) is 5.56 Å². The van der Waals surface area contributed by atoms with Crippen molar-refractivity contribution in [1.29, 1.82) is 0 Å². The average molecular weight is 438 g/mol. The van der Waals surface area contributed by atoms with Crippen LogP contribution >= 0.6 is 0 Å². The highest BCUT2D eigenvalue weighted by molar-refractivity contribution is 5.88. The number of fused-ring (bicyclic) bond motifs is 1. The number of nitrogens with one attached hydrogen (secondary N) is 3. The summed E-state index contributed by atoms with van der Waals surface area (Å²) in [6.07, 6.45) is 6.75. The predicted octanol–water partition coefficient (Wildman–Crippen LogP) is 1.85.